The van der Waals surface area contributed by atoms with Gasteiger partial charge >= 0.3 is 0 Å². The Morgan fingerprint density at radius 2 is 1.17 bits per heavy atom. The number of halogens is 1. The molecule has 0 spiro atoms. The van der Waals surface area contributed by atoms with Crippen molar-refractivity contribution in [2.45, 2.75) is 138 Å². The first kappa shape index (κ1) is 63.2. The van der Waals surface area contributed by atoms with Gasteiger partial charge < -0.3 is 22.2 Å². The van der Waals surface area contributed by atoms with E-state index in [0.717, 1.165) is 0 Å². The topological polar surface area (TPSA) is 83.5 Å². The van der Waals surface area contributed by atoms with Gasteiger partial charge in [-0.1, -0.05) is 103 Å². The van der Waals surface area contributed by atoms with Crippen molar-refractivity contribution in [3.05, 3.63) is 35.9 Å². The van der Waals surface area contributed by atoms with Gasteiger partial charge in [-0.3, -0.25) is 9.35 Å². The summed E-state index contributed by atoms with van der Waals surface area (Å²) in [7, 11) is -4.07. The van der Waals surface area contributed by atoms with E-state index in [1.54, 1.807) is 20.8 Å². The lowest BCUT2D eigenvalue weighted by molar-refractivity contribution is -0.921. The van der Waals surface area contributed by atoms with Crippen molar-refractivity contribution in [2.24, 2.45) is 5.92 Å². The Morgan fingerprint density at radius 3 is 1.41 bits per heavy atom. The predicted octanol–water partition coefficient (Wildman–Crippen LogP) is 6.72. The smallest absolute Gasteiger partial charge is 0.267 e. The van der Waals surface area contributed by atoms with Crippen LogP contribution in [-0.2, 0) is 14.9 Å². The van der Waals surface area contributed by atoms with Crippen LogP contribution < -0.4 is 17.7 Å². The van der Waals surface area contributed by atoms with E-state index in [0.29, 0.717) is 12.3 Å². The van der Waals surface area contributed by atoms with Crippen LogP contribution in [0.4, 0.5) is 0 Å². The summed E-state index contributed by atoms with van der Waals surface area (Å²) in [6.07, 6.45) is 1.91. The van der Waals surface area contributed by atoms with Gasteiger partial charge in [0.2, 0.25) is 5.91 Å². The lowest BCUT2D eigenvalue weighted by Crippen LogP contribution is -3.00. The summed E-state index contributed by atoms with van der Waals surface area (Å²) < 4.78 is 31.3. The number of quaternary nitrogens is 1. The highest BCUT2D eigenvalue weighted by molar-refractivity contribution is 7.85. The highest BCUT2D eigenvalue weighted by atomic mass is 35.5. The fraction of sp³-hybridized carbons (Fsp3) is 0.788. The predicted molar refractivity (Wildman–Crippen MR) is 186 cm³/mol. The molecule has 0 radical (unpaired) electrons. The van der Waals surface area contributed by atoms with Crippen LogP contribution in [0.1, 0.15) is 138 Å². The summed E-state index contributed by atoms with van der Waals surface area (Å²) in [5, 5.41) is 2.59. The fourth-order valence-electron chi connectivity index (χ4n) is 3.49. The van der Waals surface area contributed by atoms with Crippen LogP contribution in [0.2, 0.25) is 0 Å². The zero-order valence-electron chi connectivity index (χ0n) is 23.9. The molecule has 6 nitrogen and oxygen atoms in total. The van der Waals surface area contributed by atoms with E-state index >= 15 is 0 Å². The average Bonchev–Trinajstić information content (AvgIpc) is 2.79. The Balaban J connectivity index is -0.0000000508. The van der Waals surface area contributed by atoms with Crippen molar-refractivity contribution in [1.82, 2.24) is 5.32 Å². The van der Waals surface area contributed by atoms with Gasteiger partial charge in [0.25, 0.3) is 10.1 Å². The second-order valence-corrected chi connectivity index (χ2v) is 11.2. The van der Waals surface area contributed by atoms with Crippen LogP contribution in [0.5, 0.6) is 0 Å². The first-order valence-corrected chi connectivity index (χ1v) is 14.4. The minimum absolute atomic E-state index is 0. The van der Waals surface area contributed by atoms with E-state index in [1.807, 2.05) is 6.92 Å². The number of nitrogens with zero attached hydrogens (tertiary/aromatic N) is 1. The van der Waals surface area contributed by atoms with Crippen LogP contribution >= 0.6 is 0 Å². The molecule has 256 valence electrons. The normalized spacial score (nSPS) is 11.2. The Kier molecular flexibility index (Phi) is 49.0. The molecule has 0 aliphatic heterocycles. The van der Waals surface area contributed by atoms with Gasteiger partial charge in [0.1, 0.15) is 0 Å². The molecule has 41 heavy (non-hydrogen) atoms. The molecule has 0 aliphatic carbocycles. The summed E-state index contributed by atoms with van der Waals surface area (Å²) >= 11 is 0. The SMILES string of the molecule is C.C.C.C.C.C.CCC(C)C(=O)NC(C)(C)CS(=O)(=O)O.CCC(C)c1ccccc1.CC[N+](CC)(CC)CC.[Cl-]. The summed E-state index contributed by atoms with van der Waals surface area (Å²) in [5.41, 5.74) is 0.499. The molecule has 2 atom stereocenters. The number of nitrogens with one attached hydrogen (secondary N) is 1. The van der Waals surface area contributed by atoms with E-state index in [1.165, 1.54) is 42.6 Å². The van der Waals surface area contributed by atoms with Gasteiger partial charge in [-0.2, -0.15) is 8.42 Å². The standard InChI is InChI=1S/C10H14.C9H19NO4S.C8H20N.6CH4.ClH/c1-3-9(2)10-7-5-4-6-8-10;1-5-7(2)8(11)10-9(3,4)6-15(12,13)14;1-5-9(6-2,7-3)8-4;;;;;;;/h4-9H,3H2,1-2H3;7H,5-6H2,1-4H3,(H,10,11)(H,12,13,14);5-8H2,1-4H3;6*1H4;1H/q;;+1;;;;;;;/p-1. The third-order valence-corrected chi connectivity index (χ3v) is 7.82. The third-order valence-electron chi connectivity index (χ3n) is 6.73. The molecule has 0 fully saturated rings. The molecule has 1 rings (SSSR count). The number of carbonyl (C=O) groups is 1. The van der Waals surface area contributed by atoms with Gasteiger partial charge in [0.05, 0.1) is 37.5 Å². The van der Waals surface area contributed by atoms with E-state index in [2.05, 4.69) is 77.2 Å². The summed E-state index contributed by atoms with van der Waals surface area (Å²) in [6, 6.07) is 10.6. The van der Waals surface area contributed by atoms with Crippen LogP contribution in [0, 0.1) is 5.92 Å². The third kappa shape index (κ3) is 30.1. The molecule has 0 aromatic heterocycles. The highest BCUT2D eigenvalue weighted by Gasteiger charge is 2.27. The lowest BCUT2D eigenvalue weighted by Gasteiger charge is -2.34. The van der Waals surface area contributed by atoms with Crippen LogP contribution in [0.25, 0.3) is 0 Å². The summed E-state index contributed by atoms with van der Waals surface area (Å²) in [4.78, 5) is 11.5. The molecule has 1 aromatic rings. The zero-order chi connectivity index (χ0) is 27.0. The zero-order valence-corrected chi connectivity index (χ0v) is 25.5. The Bertz CT molecular complexity index is 751. The van der Waals surface area contributed by atoms with Crippen molar-refractivity contribution in [3.8, 4) is 0 Å². The number of hydrogen-bond donors (Lipinski definition) is 2. The van der Waals surface area contributed by atoms with Crippen molar-refractivity contribution in [3.63, 3.8) is 0 Å². The van der Waals surface area contributed by atoms with Crippen LogP contribution in [0.3, 0.4) is 0 Å². The quantitative estimate of drug-likeness (QED) is 0.210. The summed E-state index contributed by atoms with van der Waals surface area (Å²) in [6.45, 7) is 25.5. The van der Waals surface area contributed by atoms with E-state index in [9.17, 15) is 13.2 Å². The molecule has 1 aromatic carbocycles. The molecule has 0 saturated heterocycles. The van der Waals surface area contributed by atoms with Crippen molar-refractivity contribution >= 4 is 16.0 Å². The van der Waals surface area contributed by atoms with Crippen molar-refractivity contribution < 1.29 is 34.7 Å². The van der Waals surface area contributed by atoms with Gasteiger partial charge in [0.15, 0.2) is 0 Å². The van der Waals surface area contributed by atoms with Gasteiger partial charge in [-0.25, -0.2) is 0 Å². The monoisotopic (exact) mass is 633 g/mol. The Morgan fingerprint density at radius 1 is 0.805 bits per heavy atom. The molecular weight excluding hydrogens is 556 g/mol. The maximum Gasteiger partial charge on any atom is 0.267 e. The van der Waals surface area contributed by atoms with E-state index in [-0.39, 0.29) is 68.8 Å². The van der Waals surface area contributed by atoms with Gasteiger partial charge in [0, 0.05) is 5.92 Å². The molecule has 0 heterocycles. The number of rotatable bonds is 11. The van der Waals surface area contributed by atoms with Crippen LogP contribution in [0.15, 0.2) is 30.3 Å². The van der Waals surface area contributed by atoms with Gasteiger partial charge in [-0.05, 0) is 65.9 Å². The Labute approximate surface area is 267 Å². The second kappa shape index (κ2) is 31.8. The van der Waals surface area contributed by atoms with Crippen LogP contribution in [-0.4, -0.2) is 60.8 Å². The maximum atomic E-state index is 11.5. The molecule has 0 bridgehead atoms. The highest BCUT2D eigenvalue weighted by Crippen LogP contribution is 2.16. The molecule has 8 heteroatoms. The van der Waals surface area contributed by atoms with Crippen molar-refractivity contribution in [1.29, 1.82) is 0 Å². The Hall–Kier alpha value is -1.15. The largest absolute Gasteiger partial charge is 1.00 e. The van der Waals surface area contributed by atoms with E-state index < -0.39 is 21.4 Å². The maximum absolute atomic E-state index is 11.5. The van der Waals surface area contributed by atoms with Crippen molar-refractivity contribution in [2.75, 3.05) is 31.9 Å². The van der Waals surface area contributed by atoms with E-state index in [4.69, 9.17) is 4.55 Å². The molecule has 2 N–H and O–H groups in total. The first-order chi connectivity index (χ1) is 15.7. The number of hydrogen-bond acceptors (Lipinski definition) is 3. The average molecular weight is 634 g/mol. The minimum atomic E-state index is -4.07. The fourth-order valence-corrected chi connectivity index (χ4v) is 4.48. The molecular formula is C33H77ClN2O4S. The molecule has 2 unspecified atom stereocenters. The number of benzene rings is 1. The first-order valence-electron chi connectivity index (χ1n) is 12.8. The molecule has 0 saturated carbocycles. The van der Waals surface area contributed by atoms with Gasteiger partial charge in [-0.15, -0.1) is 0 Å². The number of amides is 1. The minimum Gasteiger partial charge on any atom is -1.00 e. The number of carbonyl (C=O) groups excluding carboxylic acids is 1. The molecule has 0 aliphatic rings. The molecule has 1 amide bonds. The second-order valence-electron chi connectivity index (χ2n) is 9.74. The summed E-state index contributed by atoms with van der Waals surface area (Å²) in [5.74, 6) is -0.139. The lowest BCUT2D eigenvalue weighted by atomic mass is 9.99.